The van der Waals surface area contributed by atoms with Crippen LogP contribution in [0.4, 0.5) is 5.82 Å². The highest BCUT2D eigenvalue weighted by atomic mass is 32.2. The molecule has 2 saturated heterocycles. The van der Waals surface area contributed by atoms with E-state index in [1.807, 2.05) is 4.90 Å². The van der Waals surface area contributed by atoms with Crippen LogP contribution in [0.5, 0.6) is 0 Å². The quantitative estimate of drug-likeness (QED) is 0.749. The number of amides is 1. The zero-order valence-corrected chi connectivity index (χ0v) is 14.5. The predicted octanol–water partition coefficient (Wildman–Crippen LogP) is 0.0486. The van der Waals surface area contributed by atoms with Crippen molar-refractivity contribution in [3.05, 3.63) is 17.3 Å². The van der Waals surface area contributed by atoms with E-state index in [1.54, 1.807) is 0 Å². The highest BCUT2D eigenvalue weighted by molar-refractivity contribution is 7.91. The zero-order chi connectivity index (χ0) is 16.7. The molecule has 3 heterocycles. The molecule has 7 nitrogen and oxygen atoms in total. The molecular weight excluding hydrogens is 328 g/mol. The molecule has 130 valence electrons. The fourth-order valence-corrected chi connectivity index (χ4v) is 5.61. The van der Waals surface area contributed by atoms with E-state index >= 15 is 0 Å². The van der Waals surface area contributed by atoms with Gasteiger partial charge in [0.15, 0.2) is 15.7 Å². The molecule has 0 N–H and O–H groups in total. The molecule has 1 amide bonds. The number of fused-ring (bicyclic) bond motifs is 1. The van der Waals surface area contributed by atoms with Crippen molar-refractivity contribution in [1.82, 2.24) is 15.1 Å². The predicted molar refractivity (Wildman–Crippen MR) is 89.6 cm³/mol. The second kappa shape index (κ2) is 5.98. The Morgan fingerprint density at radius 3 is 2.62 bits per heavy atom. The number of anilines is 1. The van der Waals surface area contributed by atoms with Crippen LogP contribution in [0.3, 0.4) is 0 Å². The molecule has 2 aliphatic heterocycles. The third-order valence-corrected chi connectivity index (χ3v) is 7.07. The Bertz CT molecular complexity index is 757. The molecule has 0 unspecified atom stereocenters. The number of hydrogen-bond donors (Lipinski definition) is 0. The van der Waals surface area contributed by atoms with E-state index in [9.17, 15) is 13.2 Å². The van der Waals surface area contributed by atoms with Crippen molar-refractivity contribution in [2.75, 3.05) is 42.6 Å². The first-order valence-corrected chi connectivity index (χ1v) is 10.4. The van der Waals surface area contributed by atoms with Crippen molar-refractivity contribution in [1.29, 1.82) is 0 Å². The first-order chi connectivity index (χ1) is 11.5. The molecular formula is C16H22N4O3S. The standard InChI is InChI=1S/C16H22N4O3S/c21-16(13-4-9-24(22,23)11-13)20-7-5-19(6-8-20)15-10-12-2-1-3-14(12)17-18-15/h10,13H,1-9,11H2/t13-/m0/s1. The summed E-state index contributed by atoms with van der Waals surface area (Å²) in [5.41, 5.74) is 2.42. The van der Waals surface area contributed by atoms with Crippen LogP contribution >= 0.6 is 0 Å². The van der Waals surface area contributed by atoms with E-state index in [4.69, 9.17) is 0 Å². The molecule has 0 radical (unpaired) electrons. The zero-order valence-electron chi connectivity index (χ0n) is 13.6. The summed E-state index contributed by atoms with van der Waals surface area (Å²) in [5, 5.41) is 8.66. The average Bonchev–Trinajstić information content (AvgIpc) is 3.19. The molecule has 1 aromatic heterocycles. The largest absolute Gasteiger partial charge is 0.352 e. The van der Waals surface area contributed by atoms with Crippen molar-refractivity contribution in [2.24, 2.45) is 5.92 Å². The number of sulfone groups is 1. The molecule has 4 rings (SSSR count). The molecule has 0 saturated carbocycles. The summed E-state index contributed by atoms with van der Waals surface area (Å²) in [7, 11) is -3.01. The van der Waals surface area contributed by atoms with Crippen molar-refractivity contribution < 1.29 is 13.2 Å². The summed E-state index contributed by atoms with van der Waals surface area (Å²) >= 11 is 0. The Labute approximate surface area is 142 Å². The monoisotopic (exact) mass is 350 g/mol. The van der Waals surface area contributed by atoms with Gasteiger partial charge in [-0.15, -0.1) is 5.10 Å². The van der Waals surface area contributed by atoms with Gasteiger partial charge < -0.3 is 9.80 Å². The van der Waals surface area contributed by atoms with E-state index < -0.39 is 9.84 Å². The minimum Gasteiger partial charge on any atom is -0.352 e. The van der Waals surface area contributed by atoms with Crippen LogP contribution in [0, 0.1) is 5.92 Å². The number of carbonyl (C=O) groups excluding carboxylic acids is 1. The Hall–Kier alpha value is -1.70. The van der Waals surface area contributed by atoms with E-state index in [0.717, 1.165) is 43.9 Å². The topological polar surface area (TPSA) is 83.5 Å². The lowest BCUT2D eigenvalue weighted by molar-refractivity contribution is -0.135. The number of carbonyl (C=O) groups is 1. The number of hydrogen-bond acceptors (Lipinski definition) is 6. The molecule has 1 atom stereocenters. The maximum Gasteiger partial charge on any atom is 0.226 e. The lowest BCUT2D eigenvalue weighted by atomic mass is 10.1. The van der Waals surface area contributed by atoms with Gasteiger partial charge in [0.2, 0.25) is 5.91 Å². The van der Waals surface area contributed by atoms with Gasteiger partial charge in [-0.25, -0.2) is 8.42 Å². The number of aromatic nitrogens is 2. The lowest BCUT2D eigenvalue weighted by Gasteiger charge is -2.36. The Morgan fingerprint density at radius 1 is 1.12 bits per heavy atom. The first kappa shape index (κ1) is 15.8. The van der Waals surface area contributed by atoms with Crippen molar-refractivity contribution >= 4 is 21.6 Å². The Kier molecular flexibility index (Phi) is 3.94. The molecule has 0 aromatic carbocycles. The fourth-order valence-electron chi connectivity index (χ4n) is 3.88. The minimum atomic E-state index is -3.01. The highest BCUT2D eigenvalue weighted by Gasteiger charge is 2.36. The fraction of sp³-hybridized carbons (Fsp3) is 0.688. The molecule has 0 spiro atoms. The van der Waals surface area contributed by atoms with Crippen LogP contribution in [0.15, 0.2) is 6.07 Å². The second-order valence-electron chi connectivity index (χ2n) is 6.94. The third-order valence-electron chi connectivity index (χ3n) is 5.30. The maximum absolute atomic E-state index is 12.5. The number of piperazine rings is 1. The van der Waals surface area contributed by atoms with Gasteiger partial charge in [0, 0.05) is 26.2 Å². The molecule has 8 heteroatoms. The minimum absolute atomic E-state index is 0.00392. The Morgan fingerprint density at radius 2 is 1.92 bits per heavy atom. The van der Waals surface area contributed by atoms with Crippen molar-refractivity contribution in [2.45, 2.75) is 25.7 Å². The van der Waals surface area contributed by atoms with E-state index in [1.165, 1.54) is 5.56 Å². The van der Waals surface area contributed by atoms with Crippen LogP contribution in [0.1, 0.15) is 24.1 Å². The summed E-state index contributed by atoms with van der Waals surface area (Å²) < 4.78 is 23.1. The molecule has 1 aromatic rings. The summed E-state index contributed by atoms with van der Waals surface area (Å²) in [6.07, 6.45) is 3.72. The number of aryl methyl sites for hydroxylation is 2. The normalized spacial score (nSPS) is 25.8. The SMILES string of the molecule is O=C([C@H]1CCS(=O)(=O)C1)N1CCN(c2cc3c(nn2)CCC3)CC1. The van der Waals surface area contributed by atoms with Gasteiger partial charge in [-0.3, -0.25) is 4.79 Å². The van der Waals surface area contributed by atoms with Crippen LogP contribution in [-0.4, -0.2) is 67.1 Å². The van der Waals surface area contributed by atoms with Gasteiger partial charge in [0.1, 0.15) is 0 Å². The van der Waals surface area contributed by atoms with Gasteiger partial charge in [0.25, 0.3) is 0 Å². The van der Waals surface area contributed by atoms with Gasteiger partial charge >= 0.3 is 0 Å². The van der Waals surface area contributed by atoms with Crippen LogP contribution in [0.2, 0.25) is 0 Å². The molecule has 24 heavy (non-hydrogen) atoms. The lowest BCUT2D eigenvalue weighted by Crippen LogP contribution is -2.50. The average molecular weight is 350 g/mol. The summed E-state index contributed by atoms with van der Waals surface area (Å²) in [5.74, 6) is 0.708. The van der Waals surface area contributed by atoms with Crippen molar-refractivity contribution in [3.8, 4) is 0 Å². The van der Waals surface area contributed by atoms with Crippen LogP contribution < -0.4 is 4.90 Å². The number of rotatable bonds is 2. The van der Waals surface area contributed by atoms with E-state index in [-0.39, 0.29) is 23.3 Å². The molecule has 2 fully saturated rings. The highest BCUT2D eigenvalue weighted by Crippen LogP contribution is 2.25. The van der Waals surface area contributed by atoms with Gasteiger partial charge in [-0.2, -0.15) is 5.10 Å². The molecule has 1 aliphatic carbocycles. The van der Waals surface area contributed by atoms with Crippen LogP contribution in [0.25, 0.3) is 0 Å². The summed E-state index contributed by atoms with van der Waals surface area (Å²) in [6, 6.07) is 2.14. The van der Waals surface area contributed by atoms with Gasteiger partial charge in [0.05, 0.1) is 23.1 Å². The van der Waals surface area contributed by atoms with Crippen molar-refractivity contribution in [3.63, 3.8) is 0 Å². The Balaban J connectivity index is 1.37. The number of nitrogens with zero attached hydrogens (tertiary/aromatic N) is 4. The van der Waals surface area contributed by atoms with Crippen LogP contribution in [-0.2, 0) is 27.5 Å². The van der Waals surface area contributed by atoms with Gasteiger partial charge in [-0.05, 0) is 37.3 Å². The second-order valence-corrected chi connectivity index (χ2v) is 9.17. The summed E-state index contributed by atoms with van der Waals surface area (Å²) in [4.78, 5) is 16.5. The summed E-state index contributed by atoms with van der Waals surface area (Å²) in [6.45, 7) is 2.68. The molecule has 3 aliphatic rings. The van der Waals surface area contributed by atoms with E-state index in [2.05, 4.69) is 21.2 Å². The smallest absolute Gasteiger partial charge is 0.226 e. The van der Waals surface area contributed by atoms with Gasteiger partial charge in [-0.1, -0.05) is 0 Å². The van der Waals surface area contributed by atoms with E-state index in [0.29, 0.717) is 19.5 Å². The molecule has 0 bridgehead atoms. The third kappa shape index (κ3) is 2.99. The maximum atomic E-state index is 12.5. The first-order valence-electron chi connectivity index (χ1n) is 8.61.